The van der Waals surface area contributed by atoms with Gasteiger partial charge >= 0.3 is 6.03 Å². The number of nitrogens with zero attached hydrogens (tertiary/aromatic N) is 6. The second kappa shape index (κ2) is 8.67. The van der Waals surface area contributed by atoms with Gasteiger partial charge in [0.2, 0.25) is 0 Å². The maximum Gasteiger partial charge on any atom is 0.321 e. The summed E-state index contributed by atoms with van der Waals surface area (Å²) in [6.07, 6.45) is 0. The van der Waals surface area contributed by atoms with Crippen LogP contribution in [0.3, 0.4) is 0 Å². The Morgan fingerprint density at radius 3 is 2.58 bits per heavy atom. The summed E-state index contributed by atoms with van der Waals surface area (Å²) in [7, 11) is 0. The summed E-state index contributed by atoms with van der Waals surface area (Å²) in [6.45, 7) is 4.06. The van der Waals surface area contributed by atoms with Gasteiger partial charge in [-0.2, -0.15) is 0 Å². The predicted molar refractivity (Wildman–Crippen MR) is 120 cm³/mol. The third kappa shape index (κ3) is 4.33. The smallest absolute Gasteiger partial charge is 0.321 e. The molecule has 4 rings (SSSR count). The Bertz CT molecular complexity index is 1190. The molecular weight excluding hydrogens is 421 g/mol. The quantitative estimate of drug-likeness (QED) is 0.325. The van der Waals surface area contributed by atoms with E-state index in [1.165, 1.54) is 24.3 Å². The average Bonchev–Trinajstić information content (AvgIpc) is 2.76. The normalized spacial score (nSPS) is 13.8. The van der Waals surface area contributed by atoms with Crippen LogP contribution in [0.4, 0.5) is 26.4 Å². The highest BCUT2D eigenvalue weighted by atomic mass is 35.5. The summed E-state index contributed by atoms with van der Waals surface area (Å²) < 4.78 is 13.1. The summed E-state index contributed by atoms with van der Waals surface area (Å²) in [4.78, 5) is 23.8. The molecule has 31 heavy (non-hydrogen) atoms. The third-order valence-corrected chi connectivity index (χ3v) is 5.49. The largest absolute Gasteiger partial charge is 0.367 e. The minimum atomic E-state index is -0.354. The van der Waals surface area contributed by atoms with Gasteiger partial charge in [0.25, 0.3) is 0 Å². The maximum absolute atomic E-state index is 13.1. The van der Waals surface area contributed by atoms with E-state index in [1.54, 1.807) is 17.0 Å². The molecule has 1 aromatic heterocycles. The van der Waals surface area contributed by atoms with E-state index < -0.39 is 0 Å². The summed E-state index contributed by atoms with van der Waals surface area (Å²) in [5, 5.41) is 7.98. The fourth-order valence-electron chi connectivity index (χ4n) is 3.72. The number of amides is 2. The first-order chi connectivity index (χ1) is 15.0. The van der Waals surface area contributed by atoms with Crippen molar-refractivity contribution in [3.63, 3.8) is 0 Å². The van der Waals surface area contributed by atoms with E-state index in [0.717, 1.165) is 16.6 Å². The van der Waals surface area contributed by atoms with Crippen LogP contribution in [0.1, 0.15) is 5.56 Å². The van der Waals surface area contributed by atoms with Gasteiger partial charge in [0.15, 0.2) is 0 Å². The molecule has 0 atom stereocenters. The summed E-state index contributed by atoms with van der Waals surface area (Å²) >= 11 is 6.13. The zero-order valence-corrected chi connectivity index (χ0v) is 17.5. The fraction of sp³-hybridized carbons (Fsp3) is 0.238. The molecule has 0 radical (unpaired) electrons. The highest BCUT2D eigenvalue weighted by Gasteiger charge is 2.24. The summed E-state index contributed by atoms with van der Waals surface area (Å²) in [5.74, 6) is -0.0447. The van der Waals surface area contributed by atoms with Gasteiger partial charge in [0.05, 0.1) is 11.2 Å². The summed E-state index contributed by atoms with van der Waals surface area (Å²) in [6, 6.07) is 10.9. The Kier molecular flexibility index (Phi) is 5.79. The molecule has 1 aliphatic rings. The molecule has 2 aromatic carbocycles. The molecule has 0 unspecified atom stereocenters. The number of carbonyl (C=O) groups excluding carboxylic acids is 1. The highest BCUT2D eigenvalue weighted by molar-refractivity contribution is 6.31. The number of azide groups is 1. The number of aromatic nitrogens is 1. The molecule has 8 nitrogen and oxygen atoms in total. The number of halogens is 2. The van der Waals surface area contributed by atoms with Crippen LogP contribution in [-0.4, -0.2) is 42.1 Å². The van der Waals surface area contributed by atoms with Crippen LogP contribution in [0, 0.1) is 12.7 Å². The van der Waals surface area contributed by atoms with Crippen LogP contribution in [-0.2, 0) is 0 Å². The second-order valence-corrected chi connectivity index (χ2v) is 7.61. The van der Waals surface area contributed by atoms with E-state index in [1.807, 2.05) is 13.0 Å². The molecule has 3 aromatic rings. The number of rotatable bonds is 3. The predicted octanol–water partition coefficient (Wildman–Crippen LogP) is 5.63. The Labute approximate surface area is 182 Å². The lowest BCUT2D eigenvalue weighted by Crippen LogP contribution is -2.50. The number of fused-ring (bicyclic) bond motifs is 1. The van der Waals surface area contributed by atoms with Gasteiger partial charge in [-0.1, -0.05) is 11.6 Å². The molecule has 1 aliphatic heterocycles. The van der Waals surface area contributed by atoms with Crippen molar-refractivity contribution in [1.82, 2.24) is 9.88 Å². The molecule has 158 valence electrons. The lowest BCUT2D eigenvalue weighted by atomic mass is 10.1. The first kappa shape index (κ1) is 20.7. The van der Waals surface area contributed by atoms with Gasteiger partial charge in [-0.3, -0.25) is 0 Å². The zero-order valence-electron chi connectivity index (χ0n) is 16.7. The highest BCUT2D eigenvalue weighted by Crippen LogP contribution is 2.36. The van der Waals surface area contributed by atoms with Crippen LogP contribution < -0.4 is 10.2 Å². The van der Waals surface area contributed by atoms with E-state index in [0.29, 0.717) is 48.2 Å². The van der Waals surface area contributed by atoms with Gasteiger partial charge in [0, 0.05) is 52.8 Å². The number of urea groups is 1. The lowest BCUT2D eigenvalue weighted by Gasteiger charge is -2.37. The van der Waals surface area contributed by atoms with E-state index in [-0.39, 0.29) is 11.8 Å². The van der Waals surface area contributed by atoms with E-state index >= 15 is 0 Å². The molecular formula is C21H19ClFN7O. The van der Waals surface area contributed by atoms with Gasteiger partial charge in [-0.25, -0.2) is 14.2 Å². The Balaban J connectivity index is 1.55. The minimum Gasteiger partial charge on any atom is -0.367 e. The lowest BCUT2D eigenvalue weighted by molar-refractivity contribution is 0.208. The minimum absolute atomic E-state index is 0.232. The van der Waals surface area contributed by atoms with Crippen LogP contribution in [0.5, 0.6) is 0 Å². The van der Waals surface area contributed by atoms with Crippen molar-refractivity contribution in [3.8, 4) is 0 Å². The van der Waals surface area contributed by atoms with Crippen molar-refractivity contribution < 1.29 is 9.18 Å². The van der Waals surface area contributed by atoms with Gasteiger partial charge in [0.1, 0.15) is 11.6 Å². The van der Waals surface area contributed by atoms with Gasteiger partial charge in [-0.15, -0.1) is 0 Å². The number of anilines is 2. The molecule has 0 bridgehead atoms. The van der Waals surface area contributed by atoms with Crippen molar-refractivity contribution >= 4 is 45.7 Å². The third-order valence-electron chi connectivity index (χ3n) is 5.25. The molecule has 1 N–H and O–H groups in total. The monoisotopic (exact) mass is 439 g/mol. The number of hydrogen-bond donors (Lipinski definition) is 1. The first-order valence-electron chi connectivity index (χ1n) is 9.67. The van der Waals surface area contributed by atoms with E-state index in [9.17, 15) is 9.18 Å². The standard InChI is InChI=1S/C21H19ClFN7O/c1-13-19(17-7-2-14(22)12-18(17)26-20(13)27-28-24)29-8-10-30(11-9-29)21(31)25-16-5-3-15(23)4-6-16/h2-7,12H,8-11H2,1H3,(H,25,31). The van der Waals surface area contributed by atoms with E-state index in [4.69, 9.17) is 17.1 Å². The van der Waals surface area contributed by atoms with Crippen molar-refractivity contribution in [2.75, 3.05) is 36.4 Å². The Morgan fingerprint density at radius 1 is 1.19 bits per heavy atom. The van der Waals surface area contributed by atoms with Crippen molar-refractivity contribution in [2.45, 2.75) is 6.92 Å². The molecule has 1 saturated heterocycles. The zero-order chi connectivity index (χ0) is 22.0. The molecule has 1 fully saturated rings. The van der Waals surface area contributed by atoms with Crippen LogP contribution >= 0.6 is 11.6 Å². The van der Waals surface area contributed by atoms with Crippen LogP contribution in [0.15, 0.2) is 47.6 Å². The number of piperazine rings is 1. The van der Waals surface area contributed by atoms with Crippen molar-refractivity contribution in [2.24, 2.45) is 5.11 Å². The Hall–Kier alpha value is -3.55. The number of nitrogens with one attached hydrogen (secondary N) is 1. The molecule has 2 amide bonds. The SMILES string of the molecule is Cc1c(N=[N+]=[N-])nc2cc(Cl)ccc2c1N1CCN(C(=O)Nc2ccc(F)cc2)CC1. The molecule has 0 spiro atoms. The summed E-state index contributed by atoms with van der Waals surface area (Å²) in [5.41, 5.74) is 11.8. The van der Waals surface area contributed by atoms with Gasteiger partial charge < -0.3 is 15.1 Å². The molecule has 0 aliphatic carbocycles. The maximum atomic E-state index is 13.1. The number of carbonyl (C=O) groups is 1. The molecule has 2 heterocycles. The molecule has 10 heteroatoms. The van der Waals surface area contributed by atoms with Crippen LogP contribution in [0.2, 0.25) is 5.02 Å². The number of hydrogen-bond acceptors (Lipinski definition) is 4. The molecule has 0 saturated carbocycles. The number of pyridine rings is 1. The average molecular weight is 440 g/mol. The topological polar surface area (TPSA) is 97.2 Å². The van der Waals surface area contributed by atoms with Crippen molar-refractivity contribution in [3.05, 3.63) is 69.3 Å². The van der Waals surface area contributed by atoms with Crippen molar-refractivity contribution in [1.29, 1.82) is 0 Å². The van der Waals surface area contributed by atoms with Gasteiger partial charge in [-0.05, 0) is 60.0 Å². The first-order valence-corrected chi connectivity index (χ1v) is 10.1. The fourth-order valence-corrected chi connectivity index (χ4v) is 3.89. The second-order valence-electron chi connectivity index (χ2n) is 7.17. The number of benzene rings is 2. The van der Waals surface area contributed by atoms with Crippen LogP contribution in [0.25, 0.3) is 21.3 Å². The Morgan fingerprint density at radius 2 is 1.90 bits per heavy atom. The van der Waals surface area contributed by atoms with E-state index in [2.05, 4.69) is 25.2 Å².